The molecule has 1 amide bonds. The molecule has 2 heterocycles. The van der Waals surface area contributed by atoms with Gasteiger partial charge in [0.15, 0.2) is 5.82 Å². The van der Waals surface area contributed by atoms with Crippen molar-refractivity contribution >= 4 is 11.7 Å². The predicted octanol–water partition coefficient (Wildman–Crippen LogP) is 4.62. The van der Waals surface area contributed by atoms with Gasteiger partial charge in [-0.1, -0.05) is 32.9 Å². The number of ether oxygens (including phenoxy) is 1. The number of aryl methyl sites for hydroxylation is 2. The van der Waals surface area contributed by atoms with Crippen molar-refractivity contribution in [2.45, 2.75) is 52.0 Å². The summed E-state index contributed by atoms with van der Waals surface area (Å²) in [6.45, 7) is 7.81. The van der Waals surface area contributed by atoms with Crippen LogP contribution < -0.4 is 10.1 Å². The highest BCUT2D eigenvalue weighted by Gasteiger charge is 2.13. The van der Waals surface area contributed by atoms with Gasteiger partial charge in [-0.25, -0.2) is 0 Å². The lowest BCUT2D eigenvalue weighted by Gasteiger charge is -2.19. The van der Waals surface area contributed by atoms with Crippen LogP contribution in [-0.4, -0.2) is 27.3 Å². The van der Waals surface area contributed by atoms with Gasteiger partial charge in [0, 0.05) is 37.6 Å². The van der Waals surface area contributed by atoms with E-state index in [-0.39, 0.29) is 11.3 Å². The molecule has 0 aliphatic rings. The van der Waals surface area contributed by atoms with E-state index in [0.29, 0.717) is 25.3 Å². The van der Waals surface area contributed by atoms with E-state index in [1.807, 2.05) is 41.2 Å². The van der Waals surface area contributed by atoms with Crippen molar-refractivity contribution < 1.29 is 9.53 Å². The van der Waals surface area contributed by atoms with E-state index < -0.39 is 0 Å². The van der Waals surface area contributed by atoms with Crippen LogP contribution in [0.15, 0.2) is 61.1 Å². The van der Waals surface area contributed by atoms with Gasteiger partial charge in [-0.15, -0.1) is 0 Å². The molecular formula is C24H30N4O2. The van der Waals surface area contributed by atoms with Gasteiger partial charge in [0.1, 0.15) is 5.75 Å². The first-order chi connectivity index (χ1) is 14.4. The number of carbonyl (C=O) groups is 1. The Morgan fingerprint density at radius 3 is 2.50 bits per heavy atom. The van der Waals surface area contributed by atoms with Crippen LogP contribution in [0.1, 0.15) is 44.7 Å². The third-order valence-electron chi connectivity index (χ3n) is 4.82. The minimum atomic E-state index is -0.0546. The average Bonchev–Trinajstić information content (AvgIpc) is 3.17. The molecule has 0 unspecified atom stereocenters. The van der Waals surface area contributed by atoms with E-state index in [2.05, 4.69) is 48.3 Å². The van der Waals surface area contributed by atoms with Gasteiger partial charge in [0.25, 0.3) is 0 Å². The summed E-state index contributed by atoms with van der Waals surface area (Å²) < 4.78 is 7.58. The molecule has 6 nitrogen and oxygen atoms in total. The smallest absolute Gasteiger partial charge is 0.225 e. The zero-order valence-corrected chi connectivity index (χ0v) is 18.0. The Hall–Kier alpha value is -3.15. The number of rotatable bonds is 9. The molecule has 2 aromatic heterocycles. The molecule has 0 fully saturated rings. The molecule has 0 aliphatic heterocycles. The van der Waals surface area contributed by atoms with E-state index in [0.717, 1.165) is 18.7 Å². The van der Waals surface area contributed by atoms with Gasteiger partial charge >= 0.3 is 0 Å². The SMILES string of the molecule is CC(C)(C)c1ccc(OCCCC(=O)Nc2ccn(CCc3ccncc3)n2)cc1. The maximum Gasteiger partial charge on any atom is 0.225 e. The van der Waals surface area contributed by atoms with Crippen LogP contribution in [-0.2, 0) is 23.2 Å². The molecule has 0 bridgehead atoms. The third kappa shape index (κ3) is 6.72. The largest absolute Gasteiger partial charge is 0.494 e. The first-order valence-electron chi connectivity index (χ1n) is 10.4. The summed E-state index contributed by atoms with van der Waals surface area (Å²) in [6.07, 6.45) is 7.36. The van der Waals surface area contributed by atoms with E-state index in [1.54, 1.807) is 12.4 Å². The van der Waals surface area contributed by atoms with Crippen LogP contribution in [0.2, 0.25) is 0 Å². The Morgan fingerprint density at radius 2 is 1.80 bits per heavy atom. The number of hydrogen-bond acceptors (Lipinski definition) is 4. The first-order valence-corrected chi connectivity index (χ1v) is 10.4. The molecule has 0 spiro atoms. The van der Waals surface area contributed by atoms with Crippen molar-refractivity contribution in [2.24, 2.45) is 0 Å². The number of nitrogens with one attached hydrogen (secondary N) is 1. The van der Waals surface area contributed by atoms with E-state index in [4.69, 9.17) is 4.74 Å². The maximum absolute atomic E-state index is 12.1. The van der Waals surface area contributed by atoms with Crippen molar-refractivity contribution in [3.05, 3.63) is 72.2 Å². The second-order valence-electron chi connectivity index (χ2n) is 8.34. The summed E-state index contributed by atoms with van der Waals surface area (Å²) >= 11 is 0. The summed E-state index contributed by atoms with van der Waals surface area (Å²) in [5.41, 5.74) is 2.61. The summed E-state index contributed by atoms with van der Waals surface area (Å²) in [5.74, 6) is 1.35. The molecule has 3 rings (SSSR count). The van der Waals surface area contributed by atoms with Crippen molar-refractivity contribution in [3.63, 3.8) is 0 Å². The Kier molecular flexibility index (Phi) is 7.22. The Bertz CT molecular complexity index is 928. The lowest BCUT2D eigenvalue weighted by molar-refractivity contribution is -0.116. The average molecular weight is 407 g/mol. The van der Waals surface area contributed by atoms with E-state index in [1.165, 1.54) is 11.1 Å². The Morgan fingerprint density at radius 1 is 1.07 bits per heavy atom. The van der Waals surface area contributed by atoms with E-state index >= 15 is 0 Å². The maximum atomic E-state index is 12.1. The molecule has 0 saturated heterocycles. The minimum Gasteiger partial charge on any atom is -0.494 e. The quantitative estimate of drug-likeness (QED) is 0.527. The first kappa shape index (κ1) is 21.6. The van der Waals surface area contributed by atoms with Crippen LogP contribution in [0, 0.1) is 0 Å². The zero-order chi connectivity index (χ0) is 21.4. The topological polar surface area (TPSA) is 69.0 Å². The van der Waals surface area contributed by atoms with Gasteiger partial charge in [-0.2, -0.15) is 5.10 Å². The molecule has 0 radical (unpaired) electrons. The number of anilines is 1. The lowest BCUT2D eigenvalue weighted by Crippen LogP contribution is -2.14. The lowest BCUT2D eigenvalue weighted by atomic mass is 9.87. The van der Waals surface area contributed by atoms with Crippen molar-refractivity contribution in [1.82, 2.24) is 14.8 Å². The standard InChI is InChI=1S/C24H30N4O2/c1-24(2,3)20-6-8-21(9-7-20)30-18-4-5-23(29)26-22-13-17-28(27-22)16-12-19-10-14-25-15-11-19/h6-11,13-15,17H,4-5,12,16,18H2,1-3H3,(H,26,27,29). The second-order valence-corrected chi connectivity index (χ2v) is 8.34. The van der Waals surface area contributed by atoms with Crippen molar-refractivity contribution in [1.29, 1.82) is 0 Å². The van der Waals surface area contributed by atoms with Gasteiger partial charge < -0.3 is 10.1 Å². The van der Waals surface area contributed by atoms with Crippen LogP contribution in [0.3, 0.4) is 0 Å². The number of hydrogen-bond donors (Lipinski definition) is 1. The van der Waals surface area contributed by atoms with Gasteiger partial charge in [0.2, 0.25) is 5.91 Å². The number of nitrogens with zero attached hydrogens (tertiary/aromatic N) is 3. The number of amides is 1. The monoisotopic (exact) mass is 406 g/mol. The second kappa shape index (κ2) is 10.1. The molecule has 0 saturated carbocycles. The molecule has 0 aliphatic carbocycles. The fourth-order valence-corrected chi connectivity index (χ4v) is 3.03. The molecule has 158 valence electrons. The normalized spacial score (nSPS) is 11.3. The van der Waals surface area contributed by atoms with Crippen LogP contribution >= 0.6 is 0 Å². The molecule has 1 aromatic carbocycles. The zero-order valence-electron chi connectivity index (χ0n) is 18.0. The van der Waals surface area contributed by atoms with Gasteiger partial charge in [-0.3, -0.25) is 14.5 Å². The highest BCUT2D eigenvalue weighted by atomic mass is 16.5. The summed E-state index contributed by atoms with van der Waals surface area (Å²) in [4.78, 5) is 16.2. The molecular weight excluding hydrogens is 376 g/mol. The molecule has 0 atom stereocenters. The Balaban J connectivity index is 1.35. The fraction of sp³-hybridized carbons (Fsp3) is 0.375. The van der Waals surface area contributed by atoms with Crippen LogP contribution in [0.25, 0.3) is 0 Å². The van der Waals surface area contributed by atoms with Gasteiger partial charge in [-0.05, 0) is 53.6 Å². The molecule has 1 N–H and O–H groups in total. The highest BCUT2D eigenvalue weighted by Crippen LogP contribution is 2.24. The van der Waals surface area contributed by atoms with E-state index in [9.17, 15) is 4.79 Å². The number of pyridine rings is 1. The van der Waals surface area contributed by atoms with Gasteiger partial charge in [0.05, 0.1) is 6.61 Å². The molecule has 6 heteroatoms. The van der Waals surface area contributed by atoms with Crippen LogP contribution in [0.4, 0.5) is 5.82 Å². The van der Waals surface area contributed by atoms with Crippen LogP contribution in [0.5, 0.6) is 5.75 Å². The van der Waals surface area contributed by atoms with Crippen molar-refractivity contribution in [2.75, 3.05) is 11.9 Å². The minimum absolute atomic E-state index is 0.0546. The highest BCUT2D eigenvalue weighted by molar-refractivity contribution is 5.89. The number of benzene rings is 1. The number of aromatic nitrogens is 3. The number of carbonyl (C=O) groups excluding carboxylic acids is 1. The molecule has 3 aromatic rings. The fourth-order valence-electron chi connectivity index (χ4n) is 3.03. The molecule has 30 heavy (non-hydrogen) atoms. The predicted molar refractivity (Wildman–Crippen MR) is 119 cm³/mol. The van der Waals surface area contributed by atoms with Crippen molar-refractivity contribution in [3.8, 4) is 5.75 Å². The Labute approximate surface area is 178 Å². The summed E-state index contributed by atoms with van der Waals surface area (Å²) in [6, 6.07) is 14.0. The summed E-state index contributed by atoms with van der Waals surface area (Å²) in [5, 5.41) is 7.25. The summed E-state index contributed by atoms with van der Waals surface area (Å²) in [7, 11) is 0. The third-order valence-corrected chi connectivity index (χ3v) is 4.82.